The average molecular weight is 308 g/mol. The lowest BCUT2D eigenvalue weighted by atomic mass is 10.1. The van der Waals surface area contributed by atoms with Gasteiger partial charge < -0.3 is 11.1 Å². The molecule has 112 valence electrons. The van der Waals surface area contributed by atoms with Gasteiger partial charge >= 0.3 is 5.51 Å². The molecule has 0 atom stereocenters. The Balaban J connectivity index is 2.59. The number of amides is 1. The van der Waals surface area contributed by atoms with Crippen molar-refractivity contribution in [3.8, 4) is 0 Å². The summed E-state index contributed by atoms with van der Waals surface area (Å²) in [7, 11) is 0. The number of alkyl halides is 3. The summed E-state index contributed by atoms with van der Waals surface area (Å²) < 4.78 is 35.7. The number of hydrogen-bond acceptors (Lipinski definition) is 5. The van der Waals surface area contributed by atoms with Gasteiger partial charge in [-0.3, -0.25) is 4.79 Å². The molecular weight excluding hydrogens is 293 g/mol. The standard InChI is InChI=1S/C11H15F3N4OS/c1-6(2)7-5-8(18-10(15)17-7)9(19)16-3-4-20-11(12,13)14/h5-6H,3-4H2,1-2H3,(H,16,19)(H2,15,17,18). The van der Waals surface area contributed by atoms with Crippen molar-refractivity contribution < 1.29 is 18.0 Å². The second kappa shape index (κ2) is 6.78. The van der Waals surface area contributed by atoms with Gasteiger partial charge in [0.05, 0.1) is 0 Å². The van der Waals surface area contributed by atoms with Crippen molar-refractivity contribution in [2.75, 3.05) is 18.0 Å². The van der Waals surface area contributed by atoms with Crippen molar-refractivity contribution in [2.24, 2.45) is 0 Å². The first-order valence-electron chi connectivity index (χ1n) is 5.82. The molecule has 9 heteroatoms. The first kappa shape index (κ1) is 16.5. The van der Waals surface area contributed by atoms with Gasteiger partial charge in [0.1, 0.15) is 5.69 Å². The molecule has 1 aromatic heterocycles. The molecule has 1 rings (SSSR count). The molecule has 0 bridgehead atoms. The Morgan fingerprint density at radius 2 is 2.10 bits per heavy atom. The van der Waals surface area contributed by atoms with Crippen LogP contribution in [0.4, 0.5) is 19.1 Å². The van der Waals surface area contributed by atoms with Crippen LogP contribution in [0.15, 0.2) is 6.07 Å². The number of nitrogens with two attached hydrogens (primary N) is 1. The summed E-state index contributed by atoms with van der Waals surface area (Å²) in [5.74, 6) is -0.797. The van der Waals surface area contributed by atoms with E-state index in [0.29, 0.717) is 5.69 Å². The van der Waals surface area contributed by atoms with Crippen molar-refractivity contribution in [3.05, 3.63) is 17.5 Å². The first-order valence-corrected chi connectivity index (χ1v) is 6.81. The minimum atomic E-state index is -4.30. The number of rotatable bonds is 5. The van der Waals surface area contributed by atoms with E-state index in [4.69, 9.17) is 5.73 Å². The summed E-state index contributed by atoms with van der Waals surface area (Å²) >= 11 is -0.190. The van der Waals surface area contributed by atoms with Gasteiger partial charge in [-0.15, -0.1) is 0 Å². The van der Waals surface area contributed by atoms with E-state index < -0.39 is 11.4 Å². The van der Waals surface area contributed by atoms with Crippen LogP contribution in [0.3, 0.4) is 0 Å². The SMILES string of the molecule is CC(C)c1cc(C(=O)NCCSC(F)(F)F)nc(N)n1. The number of anilines is 1. The predicted octanol–water partition coefficient (Wildman–Crippen LogP) is 2.17. The van der Waals surface area contributed by atoms with Gasteiger partial charge in [0.15, 0.2) is 0 Å². The normalized spacial score (nSPS) is 11.7. The Morgan fingerprint density at radius 3 is 2.65 bits per heavy atom. The molecule has 0 spiro atoms. The van der Waals surface area contributed by atoms with E-state index in [-0.39, 0.29) is 41.6 Å². The number of thioether (sulfide) groups is 1. The third kappa shape index (κ3) is 5.64. The summed E-state index contributed by atoms with van der Waals surface area (Å²) in [6, 6.07) is 1.48. The summed E-state index contributed by atoms with van der Waals surface area (Å²) in [6.07, 6.45) is 0. The number of carbonyl (C=O) groups excluding carboxylic acids is 1. The van der Waals surface area contributed by atoms with Crippen molar-refractivity contribution in [2.45, 2.75) is 25.3 Å². The summed E-state index contributed by atoms with van der Waals surface area (Å²) in [5, 5.41) is 2.36. The van der Waals surface area contributed by atoms with Crippen LogP contribution in [0.5, 0.6) is 0 Å². The second-order valence-corrected chi connectivity index (χ2v) is 5.40. The minimum Gasteiger partial charge on any atom is -0.368 e. The van der Waals surface area contributed by atoms with Crippen LogP contribution in [-0.2, 0) is 0 Å². The zero-order valence-corrected chi connectivity index (χ0v) is 11.8. The topological polar surface area (TPSA) is 80.9 Å². The van der Waals surface area contributed by atoms with Crippen LogP contribution in [0.2, 0.25) is 0 Å². The van der Waals surface area contributed by atoms with Gasteiger partial charge in [0.25, 0.3) is 5.91 Å². The zero-order chi connectivity index (χ0) is 15.3. The second-order valence-electron chi connectivity index (χ2n) is 4.24. The lowest BCUT2D eigenvalue weighted by Gasteiger charge is -2.09. The Morgan fingerprint density at radius 1 is 1.45 bits per heavy atom. The molecule has 1 aromatic rings. The van der Waals surface area contributed by atoms with Crippen molar-refractivity contribution in [3.63, 3.8) is 0 Å². The molecule has 0 unspecified atom stereocenters. The molecular formula is C11H15F3N4OS. The molecule has 3 N–H and O–H groups in total. The van der Waals surface area contributed by atoms with E-state index in [1.54, 1.807) is 0 Å². The Labute approximate surface area is 118 Å². The number of carbonyl (C=O) groups is 1. The van der Waals surface area contributed by atoms with Gasteiger partial charge in [-0.1, -0.05) is 13.8 Å². The van der Waals surface area contributed by atoms with Crippen LogP contribution in [0.25, 0.3) is 0 Å². The maximum absolute atomic E-state index is 11.9. The lowest BCUT2D eigenvalue weighted by molar-refractivity contribution is -0.0327. The molecule has 0 fully saturated rings. The van der Waals surface area contributed by atoms with Gasteiger partial charge in [0, 0.05) is 18.0 Å². The molecule has 20 heavy (non-hydrogen) atoms. The molecule has 0 aliphatic rings. The Kier molecular flexibility index (Phi) is 5.61. The molecule has 0 aliphatic carbocycles. The highest BCUT2D eigenvalue weighted by Gasteiger charge is 2.27. The molecule has 1 amide bonds. The molecule has 0 saturated heterocycles. The molecule has 0 aliphatic heterocycles. The van der Waals surface area contributed by atoms with Crippen LogP contribution in [0, 0.1) is 0 Å². The minimum absolute atomic E-state index is 0.0361. The van der Waals surface area contributed by atoms with E-state index in [0.717, 1.165) is 0 Å². The smallest absolute Gasteiger partial charge is 0.368 e. The van der Waals surface area contributed by atoms with Crippen LogP contribution >= 0.6 is 11.8 Å². The zero-order valence-electron chi connectivity index (χ0n) is 11.0. The number of halogens is 3. The quantitative estimate of drug-likeness (QED) is 0.815. The van der Waals surface area contributed by atoms with Gasteiger partial charge in [-0.2, -0.15) is 13.2 Å². The van der Waals surface area contributed by atoms with Crippen molar-refractivity contribution >= 4 is 23.6 Å². The number of nitrogen functional groups attached to an aromatic ring is 1. The molecule has 0 radical (unpaired) electrons. The Hall–Kier alpha value is -1.51. The van der Waals surface area contributed by atoms with E-state index in [2.05, 4.69) is 15.3 Å². The van der Waals surface area contributed by atoms with E-state index >= 15 is 0 Å². The highest BCUT2D eigenvalue weighted by molar-refractivity contribution is 8.00. The van der Waals surface area contributed by atoms with Gasteiger partial charge in [0.2, 0.25) is 5.95 Å². The number of nitrogens with one attached hydrogen (secondary N) is 1. The Bertz CT molecular complexity index is 479. The van der Waals surface area contributed by atoms with E-state index in [1.165, 1.54) is 6.07 Å². The largest absolute Gasteiger partial charge is 0.441 e. The highest BCUT2D eigenvalue weighted by atomic mass is 32.2. The van der Waals surface area contributed by atoms with Crippen molar-refractivity contribution in [1.29, 1.82) is 0 Å². The highest BCUT2D eigenvalue weighted by Crippen LogP contribution is 2.29. The van der Waals surface area contributed by atoms with Gasteiger partial charge in [-0.05, 0) is 23.7 Å². The van der Waals surface area contributed by atoms with Gasteiger partial charge in [-0.25, -0.2) is 9.97 Å². The molecule has 0 saturated carbocycles. The molecule has 1 heterocycles. The summed E-state index contributed by atoms with van der Waals surface area (Å²) in [5.41, 5.74) is 1.85. The maximum Gasteiger partial charge on any atom is 0.441 e. The number of hydrogen-bond donors (Lipinski definition) is 2. The monoisotopic (exact) mass is 308 g/mol. The van der Waals surface area contributed by atoms with E-state index in [1.807, 2.05) is 13.8 Å². The number of nitrogens with zero attached hydrogens (tertiary/aromatic N) is 2. The summed E-state index contributed by atoms with van der Waals surface area (Å²) in [6.45, 7) is 3.65. The van der Waals surface area contributed by atoms with Crippen LogP contribution in [-0.4, -0.2) is 33.7 Å². The lowest BCUT2D eigenvalue weighted by Crippen LogP contribution is -2.28. The van der Waals surface area contributed by atoms with Crippen molar-refractivity contribution in [1.82, 2.24) is 15.3 Å². The van der Waals surface area contributed by atoms with Crippen LogP contribution < -0.4 is 11.1 Å². The van der Waals surface area contributed by atoms with E-state index in [9.17, 15) is 18.0 Å². The maximum atomic E-state index is 11.9. The predicted molar refractivity (Wildman–Crippen MR) is 71.4 cm³/mol. The number of aromatic nitrogens is 2. The fraction of sp³-hybridized carbons (Fsp3) is 0.545. The first-order chi connectivity index (χ1) is 9.19. The fourth-order valence-electron chi connectivity index (χ4n) is 1.32. The average Bonchev–Trinajstić information content (AvgIpc) is 2.32. The third-order valence-electron chi connectivity index (χ3n) is 2.24. The summed E-state index contributed by atoms with van der Waals surface area (Å²) in [4.78, 5) is 19.5. The fourth-order valence-corrected chi connectivity index (χ4v) is 1.75. The van der Waals surface area contributed by atoms with Crippen LogP contribution in [0.1, 0.15) is 35.9 Å². The third-order valence-corrected chi connectivity index (χ3v) is 2.98. The molecule has 0 aromatic carbocycles. The molecule has 5 nitrogen and oxygen atoms in total.